The van der Waals surface area contributed by atoms with Crippen molar-refractivity contribution < 1.29 is 9.53 Å². The first-order valence-corrected chi connectivity index (χ1v) is 9.91. The Morgan fingerprint density at radius 1 is 1.10 bits per heavy atom. The van der Waals surface area contributed by atoms with Crippen LogP contribution in [-0.4, -0.2) is 31.6 Å². The molecule has 0 saturated heterocycles. The zero-order valence-electron chi connectivity index (χ0n) is 16.9. The Hall–Kier alpha value is -3.68. The molecule has 0 fully saturated rings. The molecule has 0 aliphatic heterocycles. The maximum atomic E-state index is 13.1. The third kappa shape index (κ3) is 4.03. The molecule has 4 aromatic rings. The minimum Gasteiger partial charge on any atom is -0.436 e. The lowest BCUT2D eigenvalue weighted by Crippen LogP contribution is -2.33. The van der Waals surface area contributed by atoms with Crippen LogP contribution in [0.25, 0.3) is 16.7 Å². The van der Waals surface area contributed by atoms with Crippen molar-refractivity contribution in [2.75, 3.05) is 6.54 Å². The van der Waals surface area contributed by atoms with Gasteiger partial charge in [-0.15, -0.1) is 5.10 Å². The number of para-hydroxylation sites is 3. The molecule has 8 heteroatoms. The molecular formula is C22H23N5O3. The summed E-state index contributed by atoms with van der Waals surface area (Å²) in [5, 5.41) is 7.19. The Morgan fingerprint density at radius 2 is 1.83 bits per heavy atom. The van der Waals surface area contributed by atoms with Crippen LogP contribution in [-0.2, 0) is 11.3 Å². The summed E-state index contributed by atoms with van der Waals surface area (Å²) in [6, 6.07) is 16.4. The van der Waals surface area contributed by atoms with Crippen molar-refractivity contribution in [2.24, 2.45) is 5.92 Å². The molecule has 1 N–H and O–H groups in total. The minimum absolute atomic E-state index is 0.169. The number of aromatic nitrogens is 4. The number of benzene rings is 2. The topological polar surface area (TPSA) is 90.5 Å². The van der Waals surface area contributed by atoms with Crippen molar-refractivity contribution in [1.29, 1.82) is 0 Å². The fourth-order valence-corrected chi connectivity index (χ4v) is 3.13. The van der Waals surface area contributed by atoms with Gasteiger partial charge in [-0.25, -0.2) is 18.9 Å². The Morgan fingerprint density at radius 3 is 2.60 bits per heavy atom. The molecule has 30 heavy (non-hydrogen) atoms. The van der Waals surface area contributed by atoms with Gasteiger partial charge in [0.05, 0.1) is 11.0 Å². The highest BCUT2D eigenvalue weighted by atomic mass is 16.5. The van der Waals surface area contributed by atoms with Crippen LogP contribution in [0.3, 0.4) is 0 Å². The molecule has 0 aliphatic carbocycles. The van der Waals surface area contributed by atoms with Gasteiger partial charge in [-0.1, -0.05) is 44.2 Å². The largest absolute Gasteiger partial charge is 0.436 e. The Kier molecular flexibility index (Phi) is 5.47. The summed E-state index contributed by atoms with van der Waals surface area (Å²) in [5.74, 6) is 1.01. The maximum absolute atomic E-state index is 13.1. The number of amides is 1. The smallest absolute Gasteiger partial charge is 0.351 e. The molecule has 0 radical (unpaired) electrons. The molecule has 0 unspecified atom stereocenters. The molecule has 154 valence electrons. The van der Waals surface area contributed by atoms with E-state index in [1.807, 2.05) is 30.3 Å². The van der Waals surface area contributed by atoms with E-state index in [0.29, 0.717) is 29.2 Å². The lowest BCUT2D eigenvalue weighted by Gasteiger charge is -2.07. The second kappa shape index (κ2) is 8.36. The van der Waals surface area contributed by atoms with Crippen molar-refractivity contribution >= 4 is 22.6 Å². The summed E-state index contributed by atoms with van der Waals surface area (Å²) in [4.78, 5) is 29.9. The Labute approximate surface area is 173 Å². The van der Waals surface area contributed by atoms with Gasteiger partial charge in [0.25, 0.3) is 5.88 Å². The third-order valence-corrected chi connectivity index (χ3v) is 4.67. The maximum Gasteiger partial charge on any atom is 0.351 e. The zero-order valence-corrected chi connectivity index (χ0v) is 16.9. The number of rotatable bonds is 7. The van der Waals surface area contributed by atoms with Crippen LogP contribution in [0.15, 0.2) is 59.4 Å². The van der Waals surface area contributed by atoms with E-state index >= 15 is 0 Å². The van der Waals surface area contributed by atoms with E-state index in [4.69, 9.17) is 4.74 Å². The molecule has 2 aromatic carbocycles. The van der Waals surface area contributed by atoms with Crippen LogP contribution in [0.5, 0.6) is 11.6 Å². The van der Waals surface area contributed by atoms with Gasteiger partial charge in [0.2, 0.25) is 11.6 Å². The van der Waals surface area contributed by atoms with E-state index in [0.717, 1.165) is 11.1 Å². The van der Waals surface area contributed by atoms with Gasteiger partial charge in [-0.05, 0) is 36.6 Å². The van der Waals surface area contributed by atoms with E-state index in [-0.39, 0.29) is 24.0 Å². The van der Waals surface area contributed by atoms with E-state index in [2.05, 4.69) is 29.2 Å². The second-order valence-electron chi connectivity index (χ2n) is 7.45. The van der Waals surface area contributed by atoms with Gasteiger partial charge >= 0.3 is 5.69 Å². The molecule has 0 atom stereocenters. The first-order chi connectivity index (χ1) is 14.5. The lowest BCUT2D eigenvalue weighted by atomic mass is 10.1. The molecule has 2 heterocycles. The van der Waals surface area contributed by atoms with Crippen LogP contribution >= 0.6 is 0 Å². The molecule has 1 amide bonds. The van der Waals surface area contributed by atoms with Gasteiger partial charge in [0.1, 0.15) is 12.3 Å². The number of fused-ring (bicyclic) bond motifs is 3. The first kappa shape index (κ1) is 19.6. The van der Waals surface area contributed by atoms with E-state index in [1.165, 1.54) is 4.40 Å². The number of hydrogen-bond donors (Lipinski definition) is 1. The molecule has 4 rings (SSSR count). The third-order valence-electron chi connectivity index (χ3n) is 4.67. The normalized spacial score (nSPS) is 11.3. The van der Waals surface area contributed by atoms with E-state index in [1.54, 1.807) is 24.3 Å². The van der Waals surface area contributed by atoms with E-state index in [9.17, 15) is 9.59 Å². The molecule has 0 bridgehead atoms. The fourth-order valence-electron chi connectivity index (χ4n) is 3.13. The van der Waals surface area contributed by atoms with Crippen molar-refractivity contribution in [1.82, 2.24) is 24.5 Å². The molecule has 0 saturated carbocycles. The van der Waals surface area contributed by atoms with Gasteiger partial charge < -0.3 is 10.1 Å². The van der Waals surface area contributed by atoms with Crippen LogP contribution in [0, 0.1) is 5.92 Å². The van der Waals surface area contributed by atoms with Gasteiger partial charge in [-0.2, -0.15) is 0 Å². The first-order valence-electron chi connectivity index (χ1n) is 9.91. The Balaban J connectivity index is 1.74. The minimum atomic E-state index is -0.416. The Bertz CT molecular complexity index is 1240. The standard InChI is InChI=1S/C22H23N5O3/c1-15(2)12-13-23-19(28)14-26-22(29)27-18-11-7-6-10-17(18)24-21(20(27)25-26)30-16-8-4-3-5-9-16/h3-11,15H,12-14H2,1-2H3,(H,23,28). The average Bonchev–Trinajstić information content (AvgIpc) is 3.05. The second-order valence-corrected chi connectivity index (χ2v) is 7.45. The summed E-state index contributed by atoms with van der Waals surface area (Å²) in [7, 11) is 0. The molecular weight excluding hydrogens is 382 g/mol. The molecule has 8 nitrogen and oxygen atoms in total. The van der Waals surface area contributed by atoms with Crippen molar-refractivity contribution in [3.8, 4) is 11.6 Å². The van der Waals surface area contributed by atoms with Gasteiger partial charge in [-0.3, -0.25) is 4.79 Å². The van der Waals surface area contributed by atoms with Crippen LogP contribution in [0.4, 0.5) is 0 Å². The molecule has 0 spiro atoms. The van der Waals surface area contributed by atoms with Crippen LogP contribution < -0.4 is 15.7 Å². The predicted molar refractivity (Wildman–Crippen MR) is 114 cm³/mol. The summed E-state index contributed by atoms with van der Waals surface area (Å²) in [5.41, 5.74) is 1.04. The summed E-state index contributed by atoms with van der Waals surface area (Å²) >= 11 is 0. The zero-order chi connectivity index (χ0) is 21.1. The van der Waals surface area contributed by atoms with Crippen molar-refractivity contribution in [3.05, 3.63) is 65.1 Å². The van der Waals surface area contributed by atoms with Gasteiger partial charge in [0.15, 0.2) is 0 Å². The van der Waals surface area contributed by atoms with Crippen molar-refractivity contribution in [3.63, 3.8) is 0 Å². The number of ether oxygens (including phenoxy) is 1. The monoisotopic (exact) mass is 405 g/mol. The number of nitrogens with one attached hydrogen (secondary N) is 1. The molecule has 0 aliphatic rings. The number of carbonyl (C=O) groups excluding carboxylic acids is 1. The lowest BCUT2D eigenvalue weighted by molar-refractivity contribution is -0.121. The number of carbonyl (C=O) groups is 1. The predicted octanol–water partition coefficient (Wildman–Crippen LogP) is 3.00. The van der Waals surface area contributed by atoms with E-state index < -0.39 is 5.69 Å². The average molecular weight is 405 g/mol. The van der Waals surface area contributed by atoms with Crippen LogP contribution in [0.2, 0.25) is 0 Å². The van der Waals surface area contributed by atoms with Crippen LogP contribution in [0.1, 0.15) is 20.3 Å². The molecule has 2 aromatic heterocycles. The number of hydrogen-bond acceptors (Lipinski definition) is 5. The highest BCUT2D eigenvalue weighted by molar-refractivity contribution is 5.80. The highest BCUT2D eigenvalue weighted by Crippen LogP contribution is 2.25. The van der Waals surface area contributed by atoms with Gasteiger partial charge in [0, 0.05) is 6.54 Å². The highest BCUT2D eigenvalue weighted by Gasteiger charge is 2.19. The summed E-state index contributed by atoms with van der Waals surface area (Å²) in [6.07, 6.45) is 0.870. The quantitative estimate of drug-likeness (QED) is 0.510. The SMILES string of the molecule is CC(C)CCNC(=O)Cn1nc2c(Oc3ccccc3)nc3ccccc3n2c1=O. The summed E-state index contributed by atoms with van der Waals surface area (Å²) < 4.78 is 8.49. The fraction of sp³-hybridized carbons (Fsp3) is 0.273. The summed E-state index contributed by atoms with van der Waals surface area (Å²) in [6.45, 7) is 4.57. The van der Waals surface area contributed by atoms with Crippen molar-refractivity contribution in [2.45, 2.75) is 26.8 Å². The number of nitrogens with zero attached hydrogens (tertiary/aromatic N) is 4.